The number of aryl methyl sites for hydroxylation is 1. The zero-order chi connectivity index (χ0) is 14.5. The van der Waals surface area contributed by atoms with E-state index < -0.39 is 0 Å². The molecule has 1 amide bonds. The highest BCUT2D eigenvalue weighted by Gasteiger charge is 2.10. The molecule has 2 aromatic carbocycles. The first kappa shape index (κ1) is 14.6. The Hall–Kier alpha value is -1.78. The molecule has 3 nitrogen and oxygen atoms in total. The first-order chi connectivity index (χ1) is 9.63. The first-order valence-electron chi connectivity index (χ1n) is 6.30. The molecule has 0 saturated heterocycles. The lowest BCUT2D eigenvalue weighted by Crippen LogP contribution is -2.13. The number of hydrogen-bond donors (Lipinski definition) is 2. The summed E-state index contributed by atoms with van der Waals surface area (Å²) < 4.78 is 0. The number of carbonyl (C=O) groups excluding carboxylic acids is 1. The van der Waals surface area contributed by atoms with Crippen LogP contribution in [0.15, 0.2) is 47.4 Å². The summed E-state index contributed by atoms with van der Waals surface area (Å²) in [5.74, 6) is -0.131. The minimum absolute atomic E-state index is 0.0370. The smallest absolute Gasteiger partial charge is 0.255 e. The Morgan fingerprint density at radius 3 is 2.75 bits per heavy atom. The van der Waals surface area contributed by atoms with Gasteiger partial charge in [0.05, 0.1) is 6.61 Å². The summed E-state index contributed by atoms with van der Waals surface area (Å²) >= 11 is 1.61. The number of rotatable bonds is 4. The minimum Gasteiger partial charge on any atom is -0.392 e. The molecule has 0 aliphatic heterocycles. The van der Waals surface area contributed by atoms with E-state index in [-0.39, 0.29) is 12.5 Å². The number of amides is 1. The Labute approximate surface area is 123 Å². The molecule has 0 aliphatic carbocycles. The van der Waals surface area contributed by atoms with Crippen LogP contribution in [0.2, 0.25) is 0 Å². The molecule has 104 valence electrons. The highest BCUT2D eigenvalue weighted by molar-refractivity contribution is 7.98. The maximum absolute atomic E-state index is 12.3. The van der Waals surface area contributed by atoms with E-state index in [1.807, 2.05) is 49.6 Å². The Bertz CT molecular complexity index is 626. The summed E-state index contributed by atoms with van der Waals surface area (Å²) in [7, 11) is 0. The predicted molar refractivity (Wildman–Crippen MR) is 83.3 cm³/mol. The van der Waals surface area contributed by atoms with E-state index >= 15 is 0 Å². The van der Waals surface area contributed by atoms with Crippen LogP contribution in [0.4, 0.5) is 5.69 Å². The van der Waals surface area contributed by atoms with E-state index in [0.717, 1.165) is 16.0 Å². The Balaban J connectivity index is 2.23. The largest absolute Gasteiger partial charge is 0.392 e. The summed E-state index contributed by atoms with van der Waals surface area (Å²) in [6.45, 7) is 1.88. The van der Waals surface area contributed by atoms with Crippen LogP contribution in [0.1, 0.15) is 21.5 Å². The second-order valence-electron chi connectivity index (χ2n) is 4.49. The second-order valence-corrected chi connectivity index (χ2v) is 5.37. The standard InChI is InChI=1S/C16H17NO2S/c1-11-6-7-14(20-2)9-15(11)16(19)17-13-5-3-4-12(8-13)10-18/h3-9,18H,10H2,1-2H3,(H,17,19). The lowest BCUT2D eigenvalue weighted by Gasteiger charge is -2.10. The molecule has 0 bridgehead atoms. The van der Waals surface area contributed by atoms with Crippen LogP contribution < -0.4 is 5.32 Å². The maximum Gasteiger partial charge on any atom is 0.255 e. The fourth-order valence-corrected chi connectivity index (χ4v) is 2.36. The number of benzene rings is 2. The van der Waals surface area contributed by atoms with Crippen LogP contribution in [-0.2, 0) is 6.61 Å². The topological polar surface area (TPSA) is 49.3 Å². The van der Waals surface area contributed by atoms with Gasteiger partial charge in [-0.05, 0) is 48.6 Å². The molecule has 0 heterocycles. The third kappa shape index (κ3) is 3.40. The molecular formula is C16H17NO2S. The first-order valence-corrected chi connectivity index (χ1v) is 7.52. The Morgan fingerprint density at radius 2 is 2.05 bits per heavy atom. The average Bonchev–Trinajstić information content (AvgIpc) is 2.47. The molecular weight excluding hydrogens is 270 g/mol. The van der Waals surface area contributed by atoms with Crippen molar-refractivity contribution in [2.45, 2.75) is 18.4 Å². The number of anilines is 1. The highest BCUT2D eigenvalue weighted by atomic mass is 32.2. The fraction of sp³-hybridized carbons (Fsp3) is 0.188. The molecule has 2 aromatic rings. The fourth-order valence-electron chi connectivity index (χ4n) is 1.92. The number of nitrogens with one attached hydrogen (secondary N) is 1. The van der Waals surface area contributed by atoms with Crippen molar-refractivity contribution in [1.29, 1.82) is 0 Å². The Kier molecular flexibility index (Phi) is 4.82. The van der Waals surface area contributed by atoms with Gasteiger partial charge in [0.2, 0.25) is 0 Å². The van der Waals surface area contributed by atoms with Crippen molar-refractivity contribution in [2.24, 2.45) is 0 Å². The van der Waals surface area contributed by atoms with Gasteiger partial charge in [-0.15, -0.1) is 11.8 Å². The van der Waals surface area contributed by atoms with E-state index in [0.29, 0.717) is 11.3 Å². The maximum atomic E-state index is 12.3. The normalized spacial score (nSPS) is 10.3. The van der Waals surface area contributed by atoms with Gasteiger partial charge in [0.25, 0.3) is 5.91 Å². The molecule has 2 rings (SSSR count). The van der Waals surface area contributed by atoms with Gasteiger partial charge in [0.15, 0.2) is 0 Å². The van der Waals surface area contributed by atoms with Gasteiger partial charge in [-0.2, -0.15) is 0 Å². The summed E-state index contributed by atoms with van der Waals surface area (Å²) in [6, 6.07) is 13.1. The number of hydrogen-bond acceptors (Lipinski definition) is 3. The third-order valence-electron chi connectivity index (χ3n) is 3.06. The van der Waals surface area contributed by atoms with Gasteiger partial charge < -0.3 is 10.4 Å². The molecule has 0 aliphatic rings. The summed E-state index contributed by atoms with van der Waals surface area (Å²) in [6.07, 6.45) is 1.98. The second kappa shape index (κ2) is 6.59. The third-order valence-corrected chi connectivity index (χ3v) is 3.78. The lowest BCUT2D eigenvalue weighted by atomic mass is 10.1. The summed E-state index contributed by atoms with van der Waals surface area (Å²) in [4.78, 5) is 13.4. The van der Waals surface area contributed by atoms with E-state index in [2.05, 4.69) is 5.32 Å². The van der Waals surface area contributed by atoms with E-state index in [4.69, 9.17) is 5.11 Å². The van der Waals surface area contributed by atoms with Crippen molar-refractivity contribution in [3.8, 4) is 0 Å². The van der Waals surface area contributed by atoms with Crippen LogP contribution in [0.25, 0.3) is 0 Å². The van der Waals surface area contributed by atoms with Gasteiger partial charge in [-0.25, -0.2) is 0 Å². The molecule has 0 aromatic heterocycles. The van der Waals surface area contributed by atoms with E-state index in [1.54, 1.807) is 17.8 Å². The lowest BCUT2D eigenvalue weighted by molar-refractivity contribution is 0.102. The molecule has 4 heteroatoms. The molecule has 20 heavy (non-hydrogen) atoms. The van der Waals surface area contributed by atoms with Crippen LogP contribution in [0.3, 0.4) is 0 Å². The number of carbonyl (C=O) groups is 1. The number of thioether (sulfide) groups is 1. The van der Waals surface area contributed by atoms with Crippen molar-refractivity contribution in [3.05, 3.63) is 59.2 Å². The zero-order valence-corrected chi connectivity index (χ0v) is 12.3. The SMILES string of the molecule is CSc1ccc(C)c(C(=O)Nc2cccc(CO)c2)c1. The number of aliphatic hydroxyl groups excluding tert-OH is 1. The summed E-state index contributed by atoms with van der Waals surface area (Å²) in [5, 5.41) is 12.0. The minimum atomic E-state index is -0.131. The molecule has 0 radical (unpaired) electrons. The molecule has 0 atom stereocenters. The van der Waals surface area contributed by atoms with E-state index in [9.17, 15) is 4.79 Å². The van der Waals surface area contributed by atoms with Gasteiger partial charge in [-0.1, -0.05) is 18.2 Å². The molecule has 0 saturated carbocycles. The zero-order valence-electron chi connectivity index (χ0n) is 11.5. The highest BCUT2D eigenvalue weighted by Crippen LogP contribution is 2.20. The monoisotopic (exact) mass is 287 g/mol. The van der Waals surface area contributed by atoms with Crippen molar-refractivity contribution < 1.29 is 9.90 Å². The average molecular weight is 287 g/mol. The van der Waals surface area contributed by atoms with Crippen LogP contribution >= 0.6 is 11.8 Å². The quantitative estimate of drug-likeness (QED) is 0.847. The number of aliphatic hydroxyl groups is 1. The van der Waals surface area contributed by atoms with Crippen LogP contribution in [0.5, 0.6) is 0 Å². The van der Waals surface area contributed by atoms with Crippen molar-refractivity contribution in [3.63, 3.8) is 0 Å². The molecule has 2 N–H and O–H groups in total. The van der Waals surface area contributed by atoms with Crippen molar-refractivity contribution in [2.75, 3.05) is 11.6 Å². The Morgan fingerprint density at radius 1 is 1.25 bits per heavy atom. The van der Waals surface area contributed by atoms with Crippen molar-refractivity contribution in [1.82, 2.24) is 0 Å². The summed E-state index contributed by atoms with van der Waals surface area (Å²) in [5.41, 5.74) is 3.08. The van der Waals surface area contributed by atoms with Gasteiger partial charge in [0, 0.05) is 16.1 Å². The van der Waals surface area contributed by atoms with E-state index in [1.165, 1.54) is 0 Å². The molecule has 0 fully saturated rings. The van der Waals surface area contributed by atoms with Gasteiger partial charge in [-0.3, -0.25) is 4.79 Å². The van der Waals surface area contributed by atoms with Crippen LogP contribution in [0, 0.1) is 6.92 Å². The van der Waals surface area contributed by atoms with Gasteiger partial charge >= 0.3 is 0 Å². The predicted octanol–water partition coefficient (Wildman–Crippen LogP) is 3.46. The molecule has 0 unspecified atom stereocenters. The van der Waals surface area contributed by atoms with Crippen molar-refractivity contribution >= 4 is 23.4 Å². The van der Waals surface area contributed by atoms with Crippen LogP contribution in [-0.4, -0.2) is 17.3 Å². The molecule has 0 spiro atoms. The van der Waals surface area contributed by atoms with Gasteiger partial charge in [0.1, 0.15) is 0 Å².